The summed E-state index contributed by atoms with van der Waals surface area (Å²) >= 11 is 1.44. The van der Waals surface area contributed by atoms with Crippen LogP contribution in [-0.2, 0) is 11.8 Å². The van der Waals surface area contributed by atoms with E-state index >= 15 is 0 Å². The summed E-state index contributed by atoms with van der Waals surface area (Å²) in [7, 11) is 3.37. The van der Waals surface area contributed by atoms with E-state index in [2.05, 4.69) is 19.9 Å². The monoisotopic (exact) mass is 438 g/mol. The first-order chi connectivity index (χ1) is 15.0. The number of benzene rings is 1. The number of anilines is 2. The number of nitrogens with zero attached hydrogens (tertiary/aromatic N) is 6. The van der Waals surface area contributed by atoms with Crippen molar-refractivity contribution in [2.45, 2.75) is 23.7 Å². The van der Waals surface area contributed by atoms with E-state index in [9.17, 15) is 9.59 Å². The van der Waals surface area contributed by atoms with Crippen LogP contribution in [0.5, 0.6) is 0 Å². The number of para-hydroxylation sites is 1. The summed E-state index contributed by atoms with van der Waals surface area (Å²) in [5.41, 5.74) is 1.42. The third-order valence-electron chi connectivity index (χ3n) is 6.00. The van der Waals surface area contributed by atoms with Gasteiger partial charge in [-0.25, -0.2) is 15.0 Å². The molecule has 0 spiro atoms. The zero-order chi connectivity index (χ0) is 21.7. The minimum atomic E-state index is -0.194. The van der Waals surface area contributed by atoms with Gasteiger partial charge < -0.3 is 19.1 Å². The smallest absolute Gasteiger partial charge is 0.263 e. The van der Waals surface area contributed by atoms with Crippen LogP contribution >= 0.6 is 11.8 Å². The largest absolute Gasteiger partial charge is 0.380 e. The molecule has 3 aromatic rings. The maximum absolute atomic E-state index is 13.7. The number of carbonyl (C=O) groups is 1. The molecule has 0 radical (unpaired) electrons. The molecule has 2 aliphatic rings. The van der Waals surface area contributed by atoms with Gasteiger partial charge in [0.05, 0.1) is 29.5 Å². The second-order valence-corrected chi connectivity index (χ2v) is 8.52. The van der Waals surface area contributed by atoms with E-state index < -0.39 is 0 Å². The molecule has 0 aliphatic carbocycles. The molecular weight excluding hydrogens is 416 g/mol. The third-order valence-corrected chi connectivity index (χ3v) is 6.56. The Kier molecular flexibility index (Phi) is 4.90. The Hall–Kier alpha value is -2.98. The van der Waals surface area contributed by atoms with Crippen LogP contribution in [0.2, 0.25) is 0 Å². The molecule has 0 saturated carbocycles. The molecule has 160 valence electrons. The van der Waals surface area contributed by atoms with Crippen molar-refractivity contribution in [1.29, 1.82) is 0 Å². The molecule has 9 nitrogen and oxygen atoms in total. The average molecular weight is 439 g/mol. The topological polar surface area (TPSA) is 93.5 Å². The number of rotatable bonds is 3. The Labute approximate surface area is 183 Å². The Balaban J connectivity index is 1.69. The molecule has 1 fully saturated rings. The lowest BCUT2D eigenvalue weighted by Gasteiger charge is -2.27. The number of amides is 1. The van der Waals surface area contributed by atoms with Crippen LogP contribution in [0.4, 0.5) is 11.5 Å². The Morgan fingerprint density at radius 2 is 2.03 bits per heavy atom. The first-order valence-electron chi connectivity index (χ1n) is 9.98. The molecule has 0 unspecified atom stereocenters. The number of methoxy groups -OCH3 is 1. The number of ether oxygens (including phenoxy) is 1. The summed E-state index contributed by atoms with van der Waals surface area (Å²) < 4.78 is 7.07. The van der Waals surface area contributed by atoms with Gasteiger partial charge in [0.25, 0.3) is 11.5 Å². The molecule has 5 rings (SSSR count). The zero-order valence-corrected chi connectivity index (χ0v) is 18.3. The summed E-state index contributed by atoms with van der Waals surface area (Å²) in [6.07, 6.45) is 5.83. The highest BCUT2D eigenvalue weighted by Crippen LogP contribution is 2.36. The van der Waals surface area contributed by atoms with Gasteiger partial charge in [0, 0.05) is 33.4 Å². The minimum Gasteiger partial charge on any atom is -0.380 e. The number of aromatic nitrogens is 4. The molecule has 4 heterocycles. The molecule has 0 bridgehead atoms. The minimum absolute atomic E-state index is 0.0292. The fraction of sp³-hybridized carbons (Fsp3) is 0.381. The van der Waals surface area contributed by atoms with E-state index in [0.29, 0.717) is 46.2 Å². The van der Waals surface area contributed by atoms with E-state index in [4.69, 9.17) is 4.74 Å². The summed E-state index contributed by atoms with van der Waals surface area (Å²) in [6.45, 7) is 1.11. The first kappa shape index (κ1) is 20.0. The van der Waals surface area contributed by atoms with Crippen LogP contribution in [0.15, 0.2) is 40.7 Å². The highest BCUT2D eigenvalue weighted by molar-refractivity contribution is 7.98. The SMILES string of the molecule is CO[C@H]1C[C@H]2CN(c3cccc4c(=O)n(C)cnc34)C(=O)c3cnc(SC)nc3N2C1. The van der Waals surface area contributed by atoms with Gasteiger partial charge in [0.2, 0.25) is 0 Å². The number of hydrogen-bond donors (Lipinski definition) is 0. The standard InChI is InChI=1S/C21H22N6O3S/c1-25-11-23-17-14(19(25)28)5-4-6-16(17)27-9-12-7-13(30-2)10-26(12)18-15(20(27)29)8-22-21(24-18)31-3/h4-6,8,11-13H,7,9-10H2,1-3H3/t12-,13-/m0/s1. The number of carbonyl (C=O) groups excluding carboxylic acids is 1. The van der Waals surface area contributed by atoms with Crippen molar-refractivity contribution in [1.82, 2.24) is 19.5 Å². The lowest BCUT2D eigenvalue weighted by Crippen LogP contribution is -2.40. The fourth-order valence-corrected chi connectivity index (χ4v) is 4.73. The van der Waals surface area contributed by atoms with Crippen LogP contribution < -0.4 is 15.4 Å². The first-order valence-corrected chi connectivity index (χ1v) is 11.2. The predicted molar refractivity (Wildman–Crippen MR) is 119 cm³/mol. The van der Waals surface area contributed by atoms with Crippen molar-refractivity contribution >= 4 is 40.1 Å². The number of hydrogen-bond acceptors (Lipinski definition) is 8. The average Bonchev–Trinajstić information content (AvgIpc) is 3.17. The third kappa shape index (κ3) is 3.17. The lowest BCUT2D eigenvalue weighted by molar-refractivity contribution is 0.0982. The van der Waals surface area contributed by atoms with E-state index in [1.54, 1.807) is 37.4 Å². The molecule has 1 saturated heterocycles. The number of fused-ring (bicyclic) bond motifs is 4. The zero-order valence-electron chi connectivity index (χ0n) is 17.5. The van der Waals surface area contributed by atoms with Crippen molar-refractivity contribution in [3.05, 3.63) is 46.6 Å². The van der Waals surface area contributed by atoms with E-state index in [0.717, 1.165) is 6.42 Å². The molecule has 1 aromatic carbocycles. The molecule has 2 aliphatic heterocycles. The van der Waals surface area contributed by atoms with Crippen LogP contribution in [0.1, 0.15) is 16.8 Å². The Bertz CT molecular complexity index is 1250. The van der Waals surface area contributed by atoms with Crippen LogP contribution in [-0.4, -0.2) is 64.0 Å². The quantitative estimate of drug-likeness (QED) is 0.451. The van der Waals surface area contributed by atoms with E-state index in [1.165, 1.54) is 22.7 Å². The maximum Gasteiger partial charge on any atom is 0.263 e. The van der Waals surface area contributed by atoms with Gasteiger partial charge in [-0.3, -0.25) is 9.59 Å². The van der Waals surface area contributed by atoms with Gasteiger partial charge in [-0.05, 0) is 24.8 Å². The lowest BCUT2D eigenvalue weighted by atomic mass is 10.1. The van der Waals surface area contributed by atoms with Crippen LogP contribution in [0, 0.1) is 0 Å². The summed E-state index contributed by atoms with van der Waals surface area (Å²) in [4.78, 5) is 43.7. The van der Waals surface area contributed by atoms with Crippen molar-refractivity contribution in [3.8, 4) is 0 Å². The predicted octanol–water partition coefficient (Wildman–Crippen LogP) is 1.70. The van der Waals surface area contributed by atoms with E-state index in [-0.39, 0.29) is 23.6 Å². The Morgan fingerprint density at radius 1 is 1.19 bits per heavy atom. The molecule has 1 amide bonds. The normalized spacial score (nSPS) is 20.7. The van der Waals surface area contributed by atoms with Crippen molar-refractivity contribution in [2.75, 3.05) is 36.3 Å². The van der Waals surface area contributed by atoms with Crippen LogP contribution in [0.3, 0.4) is 0 Å². The second-order valence-electron chi connectivity index (χ2n) is 7.74. The highest BCUT2D eigenvalue weighted by Gasteiger charge is 2.41. The van der Waals surface area contributed by atoms with Gasteiger partial charge in [-0.2, -0.15) is 0 Å². The summed E-state index contributed by atoms with van der Waals surface area (Å²) in [5, 5.41) is 1.10. The summed E-state index contributed by atoms with van der Waals surface area (Å²) in [5.74, 6) is 0.446. The van der Waals surface area contributed by atoms with Gasteiger partial charge >= 0.3 is 0 Å². The van der Waals surface area contributed by atoms with Crippen molar-refractivity contribution in [3.63, 3.8) is 0 Å². The van der Waals surface area contributed by atoms with E-state index in [1.807, 2.05) is 12.3 Å². The van der Waals surface area contributed by atoms with Gasteiger partial charge in [-0.15, -0.1) is 0 Å². The highest BCUT2D eigenvalue weighted by atomic mass is 32.2. The van der Waals surface area contributed by atoms with Gasteiger partial charge in [0.1, 0.15) is 16.9 Å². The Morgan fingerprint density at radius 3 is 2.81 bits per heavy atom. The number of aryl methyl sites for hydroxylation is 1. The fourth-order valence-electron chi connectivity index (χ4n) is 4.39. The van der Waals surface area contributed by atoms with Gasteiger partial charge in [-0.1, -0.05) is 17.8 Å². The molecule has 0 N–H and O–H groups in total. The number of thioether (sulfide) groups is 1. The molecular formula is C21H22N6O3S. The van der Waals surface area contributed by atoms with Gasteiger partial charge in [0.15, 0.2) is 5.16 Å². The van der Waals surface area contributed by atoms with Crippen molar-refractivity contribution < 1.29 is 9.53 Å². The van der Waals surface area contributed by atoms with Crippen LogP contribution in [0.25, 0.3) is 10.9 Å². The molecule has 31 heavy (non-hydrogen) atoms. The second kappa shape index (κ2) is 7.61. The maximum atomic E-state index is 13.7. The van der Waals surface area contributed by atoms with Crippen molar-refractivity contribution in [2.24, 2.45) is 7.05 Å². The summed E-state index contributed by atoms with van der Waals surface area (Å²) in [6, 6.07) is 5.39. The molecule has 2 aromatic heterocycles. The molecule has 2 atom stereocenters. The molecule has 10 heteroatoms.